The van der Waals surface area contributed by atoms with E-state index in [0.29, 0.717) is 48.8 Å². The minimum atomic E-state index is -0.0504. The van der Waals surface area contributed by atoms with E-state index in [-0.39, 0.29) is 5.91 Å². The lowest BCUT2D eigenvalue weighted by molar-refractivity contribution is 0.0942. The molecule has 5 heteroatoms. The fourth-order valence-electron chi connectivity index (χ4n) is 2.76. The van der Waals surface area contributed by atoms with Crippen LogP contribution in [0, 0.1) is 5.92 Å². The van der Waals surface area contributed by atoms with Crippen LogP contribution in [0.25, 0.3) is 0 Å². The lowest BCUT2D eigenvalue weighted by Crippen LogP contribution is -2.41. The third-order valence-corrected chi connectivity index (χ3v) is 4.12. The van der Waals surface area contributed by atoms with Crippen molar-refractivity contribution in [2.24, 2.45) is 5.92 Å². The van der Waals surface area contributed by atoms with Crippen molar-refractivity contribution >= 4 is 5.91 Å². The van der Waals surface area contributed by atoms with Crippen molar-refractivity contribution in [1.29, 1.82) is 0 Å². The van der Waals surface area contributed by atoms with Crippen molar-refractivity contribution < 1.29 is 14.3 Å². The van der Waals surface area contributed by atoms with Crippen LogP contribution in [0.5, 0.6) is 11.5 Å². The van der Waals surface area contributed by atoms with Gasteiger partial charge in [0.05, 0.1) is 0 Å². The molecule has 0 radical (unpaired) electrons. The number of amides is 1. The smallest absolute Gasteiger partial charge is 0.251 e. The van der Waals surface area contributed by atoms with Crippen molar-refractivity contribution in [2.45, 2.75) is 25.8 Å². The molecule has 2 heterocycles. The van der Waals surface area contributed by atoms with Crippen LogP contribution >= 0.6 is 0 Å². The normalized spacial score (nSPS) is 24.4. The van der Waals surface area contributed by atoms with Gasteiger partial charge in [0, 0.05) is 18.2 Å². The highest BCUT2D eigenvalue weighted by Crippen LogP contribution is 2.30. The van der Waals surface area contributed by atoms with Gasteiger partial charge in [0.2, 0.25) is 0 Å². The molecular formula is C16H22N2O3. The van der Waals surface area contributed by atoms with Gasteiger partial charge in [-0.15, -0.1) is 0 Å². The highest BCUT2D eigenvalue weighted by Gasteiger charge is 2.19. The molecule has 0 bridgehead atoms. The number of nitrogens with one attached hydrogen (secondary N) is 2. The van der Waals surface area contributed by atoms with Gasteiger partial charge in [0.1, 0.15) is 13.2 Å². The molecule has 21 heavy (non-hydrogen) atoms. The van der Waals surface area contributed by atoms with Crippen LogP contribution in [0.2, 0.25) is 0 Å². The van der Waals surface area contributed by atoms with Gasteiger partial charge in [-0.1, -0.05) is 0 Å². The summed E-state index contributed by atoms with van der Waals surface area (Å²) in [5.41, 5.74) is 0.622. The zero-order valence-corrected chi connectivity index (χ0v) is 12.4. The quantitative estimate of drug-likeness (QED) is 0.887. The first-order chi connectivity index (χ1) is 10.2. The van der Waals surface area contributed by atoms with Crippen LogP contribution in [-0.2, 0) is 0 Å². The maximum atomic E-state index is 12.2. The Balaban J connectivity index is 1.55. The van der Waals surface area contributed by atoms with E-state index in [4.69, 9.17) is 9.47 Å². The minimum Gasteiger partial charge on any atom is -0.486 e. The number of carbonyl (C=O) groups excluding carboxylic acids is 1. The summed E-state index contributed by atoms with van der Waals surface area (Å²) in [6.45, 7) is 4.98. The Labute approximate surface area is 125 Å². The van der Waals surface area contributed by atoms with Gasteiger partial charge in [-0.05, 0) is 50.4 Å². The highest BCUT2D eigenvalue weighted by molar-refractivity contribution is 5.94. The summed E-state index contributed by atoms with van der Waals surface area (Å²) in [4.78, 5) is 12.2. The molecule has 1 aromatic carbocycles. The zero-order valence-electron chi connectivity index (χ0n) is 12.4. The number of carbonyl (C=O) groups is 1. The first-order valence-electron chi connectivity index (χ1n) is 7.63. The fourth-order valence-corrected chi connectivity index (χ4v) is 2.76. The Morgan fingerprint density at radius 1 is 1.29 bits per heavy atom. The van der Waals surface area contributed by atoms with Crippen molar-refractivity contribution in [3.63, 3.8) is 0 Å². The van der Waals surface area contributed by atoms with Gasteiger partial charge in [0.15, 0.2) is 11.5 Å². The number of hydrogen-bond donors (Lipinski definition) is 2. The summed E-state index contributed by atoms with van der Waals surface area (Å²) < 4.78 is 11.0. The van der Waals surface area contributed by atoms with Crippen molar-refractivity contribution in [1.82, 2.24) is 10.6 Å². The second kappa shape index (κ2) is 6.35. The molecule has 1 aromatic rings. The lowest BCUT2D eigenvalue weighted by atomic mass is 9.95. The van der Waals surface area contributed by atoms with E-state index < -0.39 is 0 Å². The molecule has 2 aliphatic heterocycles. The lowest BCUT2D eigenvalue weighted by Gasteiger charge is -2.27. The van der Waals surface area contributed by atoms with Crippen LogP contribution < -0.4 is 20.1 Å². The van der Waals surface area contributed by atoms with Crippen molar-refractivity contribution in [3.05, 3.63) is 23.8 Å². The minimum absolute atomic E-state index is 0.0504. The van der Waals surface area contributed by atoms with Crippen LogP contribution in [0.15, 0.2) is 18.2 Å². The van der Waals surface area contributed by atoms with E-state index in [2.05, 4.69) is 17.6 Å². The molecule has 114 valence electrons. The summed E-state index contributed by atoms with van der Waals surface area (Å²) in [5, 5.41) is 6.46. The van der Waals surface area contributed by atoms with E-state index in [0.717, 1.165) is 13.0 Å². The molecule has 0 saturated carbocycles. The van der Waals surface area contributed by atoms with Crippen LogP contribution in [0.3, 0.4) is 0 Å². The predicted octanol–water partition coefficient (Wildman–Crippen LogP) is 1.58. The molecular weight excluding hydrogens is 268 g/mol. The fraction of sp³-hybridized carbons (Fsp3) is 0.562. The third kappa shape index (κ3) is 3.47. The molecule has 0 spiro atoms. The number of fused-ring (bicyclic) bond motifs is 1. The second-order valence-corrected chi connectivity index (χ2v) is 5.82. The van der Waals surface area contributed by atoms with E-state index in [1.165, 1.54) is 6.42 Å². The molecule has 1 fully saturated rings. The van der Waals surface area contributed by atoms with Gasteiger partial charge in [-0.3, -0.25) is 4.79 Å². The monoisotopic (exact) mass is 290 g/mol. The summed E-state index contributed by atoms with van der Waals surface area (Å²) in [5.74, 6) is 1.83. The van der Waals surface area contributed by atoms with Gasteiger partial charge in [0.25, 0.3) is 5.91 Å². The Morgan fingerprint density at radius 3 is 2.86 bits per heavy atom. The molecule has 2 aliphatic rings. The SMILES string of the molecule is CC1CCC(CNC(=O)c2ccc3c(c2)OCCO3)CN1. The largest absolute Gasteiger partial charge is 0.486 e. The number of benzene rings is 1. The van der Waals surface area contributed by atoms with Gasteiger partial charge in [-0.2, -0.15) is 0 Å². The summed E-state index contributed by atoms with van der Waals surface area (Å²) >= 11 is 0. The molecule has 2 unspecified atom stereocenters. The Kier molecular flexibility index (Phi) is 4.29. The topological polar surface area (TPSA) is 59.6 Å². The van der Waals surface area contributed by atoms with E-state index in [9.17, 15) is 4.79 Å². The number of ether oxygens (including phenoxy) is 2. The van der Waals surface area contributed by atoms with Crippen LogP contribution in [0.4, 0.5) is 0 Å². The molecule has 1 amide bonds. The molecule has 0 aliphatic carbocycles. The van der Waals surface area contributed by atoms with Crippen LogP contribution in [0.1, 0.15) is 30.1 Å². The molecule has 3 rings (SSSR count). The molecule has 2 atom stereocenters. The maximum absolute atomic E-state index is 12.2. The van der Waals surface area contributed by atoms with Crippen LogP contribution in [-0.4, -0.2) is 38.3 Å². The highest BCUT2D eigenvalue weighted by atomic mass is 16.6. The van der Waals surface area contributed by atoms with E-state index in [1.54, 1.807) is 18.2 Å². The van der Waals surface area contributed by atoms with Gasteiger partial charge < -0.3 is 20.1 Å². The summed E-state index contributed by atoms with van der Waals surface area (Å²) in [6, 6.07) is 5.93. The number of piperidine rings is 1. The Hall–Kier alpha value is -1.75. The maximum Gasteiger partial charge on any atom is 0.251 e. The summed E-state index contributed by atoms with van der Waals surface area (Å²) in [6.07, 6.45) is 2.33. The van der Waals surface area contributed by atoms with Gasteiger partial charge >= 0.3 is 0 Å². The number of rotatable bonds is 3. The molecule has 5 nitrogen and oxygen atoms in total. The number of hydrogen-bond acceptors (Lipinski definition) is 4. The van der Waals surface area contributed by atoms with E-state index >= 15 is 0 Å². The standard InChI is InChI=1S/C16H22N2O3/c1-11-2-3-12(9-17-11)10-18-16(19)13-4-5-14-15(8-13)21-7-6-20-14/h4-5,8,11-12,17H,2-3,6-7,9-10H2,1H3,(H,18,19). The average Bonchev–Trinajstić information content (AvgIpc) is 2.53. The zero-order chi connectivity index (χ0) is 14.7. The molecule has 2 N–H and O–H groups in total. The van der Waals surface area contributed by atoms with Gasteiger partial charge in [-0.25, -0.2) is 0 Å². The molecule has 1 saturated heterocycles. The third-order valence-electron chi connectivity index (χ3n) is 4.12. The average molecular weight is 290 g/mol. The first kappa shape index (κ1) is 14.2. The van der Waals surface area contributed by atoms with Crippen molar-refractivity contribution in [3.8, 4) is 11.5 Å². The predicted molar refractivity (Wildman–Crippen MR) is 80.0 cm³/mol. The van der Waals surface area contributed by atoms with Crippen molar-refractivity contribution in [2.75, 3.05) is 26.3 Å². The first-order valence-corrected chi connectivity index (χ1v) is 7.63. The van der Waals surface area contributed by atoms with E-state index in [1.807, 2.05) is 0 Å². The molecule has 0 aromatic heterocycles. The Morgan fingerprint density at radius 2 is 2.10 bits per heavy atom. The Bertz CT molecular complexity index is 510. The summed E-state index contributed by atoms with van der Waals surface area (Å²) in [7, 11) is 0. The second-order valence-electron chi connectivity index (χ2n) is 5.82.